The van der Waals surface area contributed by atoms with Gasteiger partial charge in [0.05, 0.1) is 0 Å². The van der Waals surface area contributed by atoms with Gasteiger partial charge in [-0.05, 0) is 5.56 Å². The molecule has 84 valence electrons. The Hall–Kier alpha value is -2.17. The Morgan fingerprint density at radius 2 is 1.94 bits per heavy atom. The van der Waals surface area contributed by atoms with Crippen LogP contribution in [0.4, 0.5) is 0 Å². The van der Waals surface area contributed by atoms with Crippen LogP contribution in [-0.2, 0) is 20.8 Å². The molecule has 0 aromatic heterocycles. The predicted octanol–water partition coefficient (Wildman–Crippen LogP) is -0.602. The number of nitrogens with one attached hydrogen (secondary N) is 1. The molecular formula is C11H12N2O3. The smallest absolute Gasteiger partial charge is 0.284 e. The maximum absolute atomic E-state index is 11.0. The number of hydrogen-bond acceptors (Lipinski definition) is 3. The van der Waals surface area contributed by atoms with Gasteiger partial charge >= 0.3 is 0 Å². The summed E-state index contributed by atoms with van der Waals surface area (Å²) in [5.74, 6) is -1.52. The van der Waals surface area contributed by atoms with E-state index in [0.29, 0.717) is 0 Å². The van der Waals surface area contributed by atoms with Crippen LogP contribution in [0.2, 0.25) is 0 Å². The highest BCUT2D eigenvalue weighted by Crippen LogP contribution is 2.02. The third-order valence-electron chi connectivity index (χ3n) is 2.05. The molecular weight excluding hydrogens is 208 g/mol. The SMILES string of the molecule is NC(=O)C(Cc1ccccc1)NC(=O)C=O. The quantitative estimate of drug-likeness (QED) is 0.513. The topological polar surface area (TPSA) is 89.3 Å². The summed E-state index contributed by atoms with van der Waals surface area (Å²) < 4.78 is 0. The Labute approximate surface area is 92.6 Å². The monoisotopic (exact) mass is 220 g/mol. The number of carbonyl (C=O) groups is 3. The van der Waals surface area contributed by atoms with Crippen molar-refractivity contribution in [3.8, 4) is 0 Å². The van der Waals surface area contributed by atoms with Crippen LogP contribution in [0.3, 0.4) is 0 Å². The van der Waals surface area contributed by atoms with Gasteiger partial charge in [-0.1, -0.05) is 30.3 Å². The van der Waals surface area contributed by atoms with Gasteiger partial charge in [0.2, 0.25) is 12.2 Å². The van der Waals surface area contributed by atoms with Crippen molar-refractivity contribution in [2.45, 2.75) is 12.5 Å². The molecule has 0 aliphatic carbocycles. The third-order valence-corrected chi connectivity index (χ3v) is 2.05. The molecule has 1 atom stereocenters. The first-order chi connectivity index (χ1) is 7.63. The van der Waals surface area contributed by atoms with Crippen molar-refractivity contribution in [3.63, 3.8) is 0 Å². The van der Waals surface area contributed by atoms with E-state index in [0.717, 1.165) is 5.56 Å². The van der Waals surface area contributed by atoms with Crippen LogP contribution in [0.5, 0.6) is 0 Å². The lowest BCUT2D eigenvalue weighted by atomic mass is 10.1. The Balaban J connectivity index is 2.69. The minimum absolute atomic E-state index is 0.112. The fourth-order valence-corrected chi connectivity index (χ4v) is 1.28. The van der Waals surface area contributed by atoms with Crippen molar-refractivity contribution >= 4 is 18.1 Å². The van der Waals surface area contributed by atoms with Crippen LogP contribution < -0.4 is 11.1 Å². The van der Waals surface area contributed by atoms with Gasteiger partial charge in [-0.25, -0.2) is 0 Å². The molecule has 0 spiro atoms. The van der Waals surface area contributed by atoms with Gasteiger partial charge in [-0.15, -0.1) is 0 Å². The molecule has 0 saturated carbocycles. The number of rotatable bonds is 5. The summed E-state index contributed by atoms with van der Waals surface area (Å²) in [7, 11) is 0. The summed E-state index contributed by atoms with van der Waals surface area (Å²) >= 11 is 0. The molecule has 1 aromatic carbocycles. The van der Waals surface area contributed by atoms with E-state index in [4.69, 9.17) is 5.73 Å². The molecule has 0 radical (unpaired) electrons. The van der Waals surface area contributed by atoms with Gasteiger partial charge in [0.1, 0.15) is 6.04 Å². The molecule has 0 aliphatic heterocycles. The standard InChI is InChI=1S/C11H12N2O3/c12-11(16)9(13-10(15)7-14)6-8-4-2-1-3-5-8/h1-5,7,9H,6H2,(H2,12,16)(H,13,15). The lowest BCUT2D eigenvalue weighted by Gasteiger charge is -2.13. The van der Waals surface area contributed by atoms with Crippen molar-refractivity contribution < 1.29 is 14.4 Å². The molecule has 5 nitrogen and oxygen atoms in total. The number of aldehydes is 1. The lowest BCUT2D eigenvalue weighted by Crippen LogP contribution is -2.46. The summed E-state index contributed by atoms with van der Waals surface area (Å²) in [6.45, 7) is 0. The minimum atomic E-state index is -0.861. The number of benzene rings is 1. The fraction of sp³-hybridized carbons (Fsp3) is 0.182. The zero-order valence-corrected chi connectivity index (χ0v) is 8.55. The van der Waals surface area contributed by atoms with Gasteiger partial charge in [0.15, 0.2) is 0 Å². The van der Waals surface area contributed by atoms with Crippen LogP contribution in [-0.4, -0.2) is 24.1 Å². The van der Waals surface area contributed by atoms with Crippen LogP contribution in [0.25, 0.3) is 0 Å². The van der Waals surface area contributed by atoms with Gasteiger partial charge in [-0.2, -0.15) is 0 Å². The molecule has 0 aliphatic rings. The number of carbonyl (C=O) groups excluding carboxylic acids is 3. The lowest BCUT2D eigenvalue weighted by molar-refractivity contribution is -0.133. The van der Waals surface area contributed by atoms with E-state index in [9.17, 15) is 14.4 Å². The molecule has 0 bridgehead atoms. The van der Waals surface area contributed by atoms with Crippen LogP contribution in [0.1, 0.15) is 5.56 Å². The number of hydrogen-bond donors (Lipinski definition) is 2. The van der Waals surface area contributed by atoms with E-state index < -0.39 is 17.9 Å². The number of nitrogens with two attached hydrogens (primary N) is 1. The number of primary amides is 1. The highest BCUT2D eigenvalue weighted by molar-refractivity contribution is 6.24. The van der Waals surface area contributed by atoms with E-state index in [1.807, 2.05) is 30.3 Å². The van der Waals surface area contributed by atoms with Crippen molar-refractivity contribution in [2.24, 2.45) is 5.73 Å². The van der Waals surface area contributed by atoms with E-state index in [1.165, 1.54) is 0 Å². The molecule has 0 saturated heterocycles. The number of amides is 2. The minimum Gasteiger partial charge on any atom is -0.368 e. The zero-order valence-electron chi connectivity index (χ0n) is 8.55. The molecule has 0 fully saturated rings. The summed E-state index contributed by atoms with van der Waals surface area (Å²) in [5, 5.41) is 2.23. The van der Waals surface area contributed by atoms with E-state index in [1.54, 1.807) is 0 Å². The molecule has 1 unspecified atom stereocenters. The first kappa shape index (κ1) is 11.9. The van der Waals surface area contributed by atoms with Crippen molar-refractivity contribution in [1.29, 1.82) is 0 Å². The van der Waals surface area contributed by atoms with Crippen molar-refractivity contribution in [3.05, 3.63) is 35.9 Å². The summed E-state index contributed by atoms with van der Waals surface area (Å²) in [5.41, 5.74) is 5.98. The highest BCUT2D eigenvalue weighted by atomic mass is 16.2. The van der Waals surface area contributed by atoms with Crippen molar-refractivity contribution in [1.82, 2.24) is 5.32 Å². The molecule has 3 N–H and O–H groups in total. The zero-order chi connectivity index (χ0) is 12.0. The summed E-state index contributed by atoms with van der Waals surface area (Å²) in [6.07, 6.45) is 0.386. The molecule has 1 rings (SSSR count). The third kappa shape index (κ3) is 3.53. The van der Waals surface area contributed by atoms with Gasteiger partial charge in [0.25, 0.3) is 5.91 Å². The Morgan fingerprint density at radius 3 is 2.44 bits per heavy atom. The average molecular weight is 220 g/mol. The van der Waals surface area contributed by atoms with Crippen LogP contribution in [0.15, 0.2) is 30.3 Å². The maximum atomic E-state index is 11.0. The average Bonchev–Trinajstić information content (AvgIpc) is 2.29. The van der Waals surface area contributed by atoms with Gasteiger partial charge < -0.3 is 11.1 Å². The molecule has 2 amide bonds. The largest absolute Gasteiger partial charge is 0.368 e. The van der Waals surface area contributed by atoms with E-state index in [2.05, 4.69) is 5.32 Å². The second-order valence-electron chi connectivity index (χ2n) is 3.27. The molecule has 16 heavy (non-hydrogen) atoms. The maximum Gasteiger partial charge on any atom is 0.284 e. The fourth-order valence-electron chi connectivity index (χ4n) is 1.28. The normalized spacial score (nSPS) is 11.5. The summed E-state index contributed by atoms with van der Waals surface area (Å²) in [6, 6.07) is 8.22. The van der Waals surface area contributed by atoms with Gasteiger partial charge in [0, 0.05) is 6.42 Å². The summed E-state index contributed by atoms with van der Waals surface area (Å²) in [4.78, 5) is 32.0. The van der Waals surface area contributed by atoms with E-state index >= 15 is 0 Å². The molecule has 5 heteroatoms. The Kier molecular flexibility index (Phi) is 4.20. The van der Waals surface area contributed by atoms with Crippen LogP contribution >= 0.6 is 0 Å². The first-order valence-electron chi connectivity index (χ1n) is 4.72. The van der Waals surface area contributed by atoms with Gasteiger partial charge in [-0.3, -0.25) is 14.4 Å². The second-order valence-corrected chi connectivity index (χ2v) is 3.27. The molecule has 0 heterocycles. The van der Waals surface area contributed by atoms with Crippen molar-refractivity contribution in [2.75, 3.05) is 0 Å². The highest BCUT2D eigenvalue weighted by Gasteiger charge is 2.17. The van der Waals surface area contributed by atoms with E-state index in [-0.39, 0.29) is 12.7 Å². The second kappa shape index (κ2) is 5.65. The first-order valence-corrected chi connectivity index (χ1v) is 4.72. The molecule has 1 aromatic rings. The predicted molar refractivity (Wildman–Crippen MR) is 57.3 cm³/mol. The Bertz CT molecular complexity index is 389. The van der Waals surface area contributed by atoms with Crippen LogP contribution in [0, 0.1) is 0 Å². The Morgan fingerprint density at radius 1 is 1.31 bits per heavy atom.